The quantitative estimate of drug-likeness (QED) is 0.746. The second-order valence-electron chi connectivity index (χ2n) is 4.12. The fourth-order valence-corrected chi connectivity index (χ4v) is 2.43. The van der Waals surface area contributed by atoms with Gasteiger partial charge in [0.05, 0.1) is 5.75 Å². The van der Waals surface area contributed by atoms with Gasteiger partial charge < -0.3 is 5.32 Å². The van der Waals surface area contributed by atoms with Gasteiger partial charge in [-0.3, -0.25) is 9.20 Å². The Morgan fingerprint density at radius 1 is 1.33 bits per heavy atom. The van der Waals surface area contributed by atoms with Crippen molar-refractivity contribution in [2.24, 2.45) is 0 Å². The number of hydrogen-bond acceptors (Lipinski definition) is 5. The molecule has 0 unspecified atom stereocenters. The van der Waals surface area contributed by atoms with Crippen LogP contribution in [0.5, 0.6) is 0 Å². The number of carbonyl (C=O) groups is 1. The molecular formula is C13H10FN5OS. The third kappa shape index (κ3) is 3.16. The molecule has 1 amide bonds. The van der Waals surface area contributed by atoms with Gasteiger partial charge in [0.1, 0.15) is 5.82 Å². The Kier molecular flexibility index (Phi) is 3.78. The minimum absolute atomic E-state index is 0.145. The third-order valence-electron chi connectivity index (χ3n) is 2.60. The van der Waals surface area contributed by atoms with Gasteiger partial charge >= 0.3 is 0 Å². The highest BCUT2D eigenvalue weighted by atomic mass is 32.2. The van der Waals surface area contributed by atoms with Crippen LogP contribution in [-0.2, 0) is 4.79 Å². The van der Waals surface area contributed by atoms with Crippen LogP contribution in [0.1, 0.15) is 0 Å². The molecular weight excluding hydrogens is 293 g/mol. The first kappa shape index (κ1) is 13.5. The summed E-state index contributed by atoms with van der Waals surface area (Å²) in [5.41, 5.74) is 0.424. The number of anilines is 1. The lowest BCUT2D eigenvalue weighted by atomic mass is 10.3. The second kappa shape index (κ2) is 5.88. The molecule has 0 aliphatic heterocycles. The molecule has 1 aromatic carbocycles. The standard InChI is InChI=1S/C13H10FN5OS/c14-9-3-1-4-10(7-9)16-11(20)8-21-13-18-17-12-15-5-2-6-19(12)13/h1-7H,8H2,(H,16,20). The number of carbonyl (C=O) groups excluding carboxylic acids is 1. The maximum atomic E-state index is 13.0. The zero-order valence-electron chi connectivity index (χ0n) is 10.7. The van der Waals surface area contributed by atoms with Gasteiger partial charge in [-0.05, 0) is 24.3 Å². The van der Waals surface area contributed by atoms with Crippen molar-refractivity contribution in [3.05, 3.63) is 48.5 Å². The number of halogens is 1. The predicted octanol–water partition coefficient (Wildman–Crippen LogP) is 1.99. The molecule has 0 aliphatic rings. The number of hydrogen-bond donors (Lipinski definition) is 1. The van der Waals surface area contributed by atoms with Gasteiger partial charge in [-0.2, -0.15) is 0 Å². The number of amides is 1. The molecule has 2 aromatic heterocycles. The van der Waals surface area contributed by atoms with E-state index in [0.29, 0.717) is 16.6 Å². The summed E-state index contributed by atoms with van der Waals surface area (Å²) in [5.74, 6) is -0.0154. The van der Waals surface area contributed by atoms with E-state index in [9.17, 15) is 9.18 Å². The van der Waals surface area contributed by atoms with Crippen LogP contribution in [0, 0.1) is 5.82 Å². The Morgan fingerprint density at radius 2 is 2.24 bits per heavy atom. The van der Waals surface area contributed by atoms with E-state index in [1.54, 1.807) is 28.9 Å². The maximum absolute atomic E-state index is 13.0. The Labute approximate surface area is 123 Å². The highest BCUT2D eigenvalue weighted by Crippen LogP contribution is 2.16. The van der Waals surface area contributed by atoms with Crippen LogP contribution in [0.2, 0.25) is 0 Å². The van der Waals surface area contributed by atoms with E-state index in [4.69, 9.17) is 0 Å². The molecule has 0 fully saturated rings. The number of nitrogens with one attached hydrogen (secondary N) is 1. The first-order chi connectivity index (χ1) is 10.2. The largest absolute Gasteiger partial charge is 0.325 e. The maximum Gasteiger partial charge on any atom is 0.255 e. The molecule has 106 valence electrons. The summed E-state index contributed by atoms with van der Waals surface area (Å²) in [7, 11) is 0. The van der Waals surface area contributed by atoms with E-state index in [1.807, 2.05) is 0 Å². The molecule has 0 bridgehead atoms. The van der Waals surface area contributed by atoms with Crippen LogP contribution in [0.4, 0.5) is 10.1 Å². The minimum atomic E-state index is -0.394. The fourth-order valence-electron chi connectivity index (χ4n) is 1.71. The first-order valence-electron chi connectivity index (χ1n) is 6.06. The van der Waals surface area contributed by atoms with E-state index in [-0.39, 0.29) is 11.7 Å². The Bertz CT molecular complexity index is 791. The second-order valence-corrected chi connectivity index (χ2v) is 5.06. The molecule has 1 N–H and O–H groups in total. The van der Waals surface area contributed by atoms with Crippen LogP contribution >= 0.6 is 11.8 Å². The summed E-state index contributed by atoms with van der Waals surface area (Å²) in [6.07, 6.45) is 3.39. The van der Waals surface area contributed by atoms with Crippen LogP contribution in [0.25, 0.3) is 5.78 Å². The number of aromatic nitrogens is 4. The van der Waals surface area contributed by atoms with Gasteiger partial charge in [0.2, 0.25) is 5.91 Å². The van der Waals surface area contributed by atoms with Crippen LogP contribution < -0.4 is 5.32 Å². The van der Waals surface area contributed by atoms with Gasteiger partial charge in [-0.25, -0.2) is 9.37 Å². The lowest BCUT2D eigenvalue weighted by Gasteiger charge is -2.04. The van der Waals surface area contributed by atoms with Crippen molar-refractivity contribution in [3.63, 3.8) is 0 Å². The number of rotatable bonds is 4. The summed E-state index contributed by atoms with van der Waals surface area (Å²) in [5, 5.41) is 11.1. The highest BCUT2D eigenvalue weighted by molar-refractivity contribution is 7.99. The summed E-state index contributed by atoms with van der Waals surface area (Å²) in [6, 6.07) is 7.50. The molecule has 0 atom stereocenters. The van der Waals surface area contributed by atoms with Gasteiger partial charge in [-0.1, -0.05) is 17.8 Å². The monoisotopic (exact) mass is 303 g/mol. The zero-order chi connectivity index (χ0) is 14.7. The number of nitrogens with zero attached hydrogens (tertiary/aromatic N) is 4. The molecule has 0 radical (unpaired) electrons. The predicted molar refractivity (Wildman–Crippen MR) is 76.5 cm³/mol. The molecule has 0 spiro atoms. The lowest BCUT2D eigenvalue weighted by Crippen LogP contribution is -2.14. The van der Waals surface area contributed by atoms with E-state index in [2.05, 4.69) is 20.5 Å². The van der Waals surface area contributed by atoms with E-state index in [1.165, 1.54) is 30.0 Å². The van der Waals surface area contributed by atoms with Gasteiger partial charge in [0, 0.05) is 18.1 Å². The summed E-state index contributed by atoms with van der Waals surface area (Å²) >= 11 is 1.23. The van der Waals surface area contributed by atoms with Crippen LogP contribution in [-0.4, -0.2) is 31.2 Å². The van der Waals surface area contributed by atoms with Crippen molar-refractivity contribution >= 4 is 29.1 Å². The van der Waals surface area contributed by atoms with Crippen molar-refractivity contribution in [2.45, 2.75) is 5.16 Å². The zero-order valence-corrected chi connectivity index (χ0v) is 11.5. The molecule has 6 nitrogen and oxygen atoms in total. The highest BCUT2D eigenvalue weighted by Gasteiger charge is 2.09. The van der Waals surface area contributed by atoms with Gasteiger partial charge in [0.15, 0.2) is 5.16 Å². The SMILES string of the molecule is O=C(CSc1nnc2ncccn12)Nc1cccc(F)c1. The van der Waals surface area contributed by atoms with E-state index >= 15 is 0 Å². The molecule has 3 rings (SSSR count). The van der Waals surface area contributed by atoms with Crippen molar-refractivity contribution < 1.29 is 9.18 Å². The average Bonchev–Trinajstić information content (AvgIpc) is 2.88. The molecule has 8 heteroatoms. The molecule has 0 saturated carbocycles. The van der Waals surface area contributed by atoms with Crippen molar-refractivity contribution in [1.82, 2.24) is 19.6 Å². The van der Waals surface area contributed by atoms with Crippen molar-refractivity contribution in [3.8, 4) is 0 Å². The number of thioether (sulfide) groups is 1. The third-order valence-corrected chi connectivity index (χ3v) is 3.54. The van der Waals surface area contributed by atoms with E-state index < -0.39 is 5.82 Å². The fraction of sp³-hybridized carbons (Fsp3) is 0.0769. The average molecular weight is 303 g/mol. The first-order valence-corrected chi connectivity index (χ1v) is 7.05. The molecule has 0 saturated heterocycles. The molecule has 21 heavy (non-hydrogen) atoms. The summed E-state index contributed by atoms with van der Waals surface area (Å²) in [6.45, 7) is 0. The topological polar surface area (TPSA) is 72.2 Å². The molecule has 3 aromatic rings. The Hall–Kier alpha value is -2.48. The number of benzene rings is 1. The van der Waals surface area contributed by atoms with Crippen LogP contribution in [0.3, 0.4) is 0 Å². The Balaban J connectivity index is 1.63. The van der Waals surface area contributed by atoms with Crippen LogP contribution in [0.15, 0.2) is 47.9 Å². The number of fused-ring (bicyclic) bond motifs is 1. The van der Waals surface area contributed by atoms with Crippen molar-refractivity contribution in [2.75, 3.05) is 11.1 Å². The smallest absolute Gasteiger partial charge is 0.255 e. The Morgan fingerprint density at radius 3 is 3.10 bits per heavy atom. The lowest BCUT2D eigenvalue weighted by molar-refractivity contribution is -0.113. The van der Waals surface area contributed by atoms with Gasteiger partial charge in [-0.15, -0.1) is 10.2 Å². The normalized spacial score (nSPS) is 10.7. The molecule has 0 aliphatic carbocycles. The molecule has 2 heterocycles. The van der Waals surface area contributed by atoms with Crippen molar-refractivity contribution in [1.29, 1.82) is 0 Å². The van der Waals surface area contributed by atoms with E-state index in [0.717, 1.165) is 0 Å². The summed E-state index contributed by atoms with van der Waals surface area (Å²) < 4.78 is 14.7. The summed E-state index contributed by atoms with van der Waals surface area (Å²) in [4.78, 5) is 15.9. The van der Waals surface area contributed by atoms with Gasteiger partial charge in [0.25, 0.3) is 5.78 Å². The minimum Gasteiger partial charge on any atom is -0.325 e.